The second-order valence-electron chi connectivity index (χ2n) is 28.7. The van der Waals surface area contributed by atoms with E-state index in [2.05, 4.69) is 401 Å². The highest BCUT2D eigenvalue weighted by molar-refractivity contribution is 7.20. The lowest BCUT2D eigenvalue weighted by Crippen LogP contribution is -2.75. The van der Waals surface area contributed by atoms with Gasteiger partial charge in [0.15, 0.2) is 16.1 Å². The summed E-state index contributed by atoms with van der Waals surface area (Å²) in [5, 5.41) is 9.64. The van der Waals surface area contributed by atoms with E-state index in [-0.39, 0.29) is 41.9 Å². The van der Waals surface area contributed by atoms with Crippen LogP contribution in [0, 0.1) is 0 Å². The largest absolute Gasteiger partial charge is 0.311 e. The number of rotatable bonds is 15. The van der Waals surface area contributed by atoms with Crippen molar-refractivity contribution in [3.8, 4) is 55.6 Å². The van der Waals surface area contributed by atoms with Crippen LogP contribution in [0.1, 0.15) is 33.2 Å². The van der Waals surface area contributed by atoms with E-state index < -0.39 is 22.2 Å². The van der Waals surface area contributed by atoms with Crippen LogP contribution in [0.25, 0.3) is 55.6 Å². The van der Waals surface area contributed by atoms with Crippen LogP contribution in [0.5, 0.6) is 0 Å². The Morgan fingerprint density at radius 1 is 0.257 bits per heavy atom. The molecule has 18 rings (SSSR count). The lowest BCUT2D eigenvalue weighted by Gasteiger charge is -2.45. The highest BCUT2D eigenvalue weighted by Gasteiger charge is 2.48. The molecule has 0 spiro atoms. The topological polar surface area (TPSA) is 6.48 Å². The normalized spacial score (nSPS) is 13.1. The summed E-state index contributed by atoms with van der Waals surface area (Å²) in [4.78, 5) is 5.14. The van der Waals surface area contributed by atoms with E-state index in [1.54, 1.807) is 0 Å². The van der Waals surface area contributed by atoms with Crippen molar-refractivity contribution >= 4 is 115 Å². The summed E-state index contributed by atoms with van der Waals surface area (Å²) in [5.41, 5.74) is 21.2. The summed E-state index contributed by atoms with van der Waals surface area (Å²) in [6.45, 7) is 6.69. The number of benzene rings is 16. The molecule has 16 aromatic rings. The average Bonchev–Trinajstić information content (AvgIpc) is 0.692. The van der Waals surface area contributed by atoms with Crippen molar-refractivity contribution in [1.29, 1.82) is 0 Å². The van der Waals surface area contributed by atoms with Crippen molar-refractivity contribution in [2.45, 2.75) is 26.2 Å². The van der Waals surface area contributed by atoms with Gasteiger partial charge >= 0.3 is 0 Å². The summed E-state index contributed by atoms with van der Waals surface area (Å²) in [5.74, 6) is 0. The summed E-state index contributed by atoms with van der Waals surface area (Å²) in [6, 6.07) is 140. The molecular weight excluding hydrogens is 1300 g/mol. The van der Waals surface area contributed by atoms with E-state index in [4.69, 9.17) is 6.85 Å². The van der Waals surface area contributed by atoms with Gasteiger partial charge < -0.3 is 9.80 Å². The smallest absolute Gasteiger partial charge is 0.252 e. The van der Waals surface area contributed by atoms with Crippen LogP contribution in [0.2, 0.25) is 0 Å². The molecule has 0 aliphatic carbocycles. The molecule has 2 heterocycles. The number of nitrogens with zero attached hydrogens (tertiary/aromatic N) is 2. The monoisotopic (exact) mass is 1380 g/mol. The molecule has 0 saturated carbocycles. The Morgan fingerprint density at radius 2 is 0.619 bits per heavy atom. The van der Waals surface area contributed by atoms with Gasteiger partial charge in [-0.1, -0.05) is 385 Å². The summed E-state index contributed by atoms with van der Waals surface area (Å²) >= 11 is 0. The summed E-state index contributed by atoms with van der Waals surface area (Å²) in [6.07, 6.45) is 0. The summed E-state index contributed by atoms with van der Waals surface area (Å²) in [7, 11) is -6.51. The Hall–Kier alpha value is -12.4. The third-order valence-electron chi connectivity index (χ3n) is 21.8. The predicted octanol–water partition coefficient (Wildman–Crippen LogP) is 18.2. The molecule has 498 valence electrons. The van der Waals surface area contributed by atoms with Crippen molar-refractivity contribution in [1.82, 2.24) is 0 Å². The van der Waals surface area contributed by atoms with Gasteiger partial charge in [0.1, 0.15) is 0 Å². The molecule has 0 bridgehead atoms. The van der Waals surface area contributed by atoms with Crippen LogP contribution in [0.15, 0.2) is 412 Å². The molecule has 105 heavy (non-hydrogen) atoms. The Labute approximate surface area is 627 Å². The standard InChI is InChI=1S/C100H77BN2Si2/c1-100(2,3)81-58-66-94(91(70-81)77-37-18-7-19-38-77)103-96-52-30-51-95-99(96)101(92-64-57-80(69-97(92)103)76-55-61-87(62-56-76)104(83-41-20-8-21-42-83,84-43-22-9-23-44-84)88-49-28-39-78(67-88)73-33-14-5-15-34-73)93-65-63-90(71-98(93)102(95)82-59-53-75(54-60-82)72-31-12-4-13-32-72)105(85-45-24-10-25-46-85,86-47-26-11-27-48-86)89-50-29-40-79(68-89)74-35-16-6-17-36-74/h4-71H,1-3H3/i5D,14D,15D,33D,34D. The summed E-state index contributed by atoms with van der Waals surface area (Å²) < 4.78 is 44.2. The van der Waals surface area contributed by atoms with Gasteiger partial charge in [-0.2, -0.15) is 0 Å². The fourth-order valence-electron chi connectivity index (χ4n) is 16.9. The van der Waals surface area contributed by atoms with Gasteiger partial charge in [-0.15, -0.1) is 0 Å². The number of hydrogen-bond acceptors (Lipinski definition) is 2. The van der Waals surface area contributed by atoms with Crippen molar-refractivity contribution in [3.63, 3.8) is 0 Å². The minimum Gasteiger partial charge on any atom is -0.311 e. The van der Waals surface area contributed by atoms with Crippen LogP contribution in [-0.4, -0.2) is 22.9 Å². The van der Waals surface area contributed by atoms with Gasteiger partial charge in [-0.3, -0.25) is 0 Å². The molecule has 0 saturated heterocycles. The number of anilines is 6. The van der Waals surface area contributed by atoms with Crippen molar-refractivity contribution in [3.05, 3.63) is 418 Å². The van der Waals surface area contributed by atoms with E-state index in [0.717, 1.165) is 82.7 Å². The first-order chi connectivity index (χ1) is 53.8. The fourth-order valence-corrected chi connectivity index (χ4v) is 26.4. The van der Waals surface area contributed by atoms with Crippen LogP contribution in [0.3, 0.4) is 0 Å². The van der Waals surface area contributed by atoms with Gasteiger partial charge in [0.25, 0.3) is 6.71 Å². The number of hydrogen-bond donors (Lipinski definition) is 0. The van der Waals surface area contributed by atoms with Gasteiger partial charge in [0.2, 0.25) is 0 Å². The molecule has 0 amide bonds. The van der Waals surface area contributed by atoms with Gasteiger partial charge in [-0.25, -0.2) is 0 Å². The maximum Gasteiger partial charge on any atom is 0.252 e. The molecule has 0 atom stereocenters. The minimum absolute atomic E-state index is 0.141. The highest BCUT2D eigenvalue weighted by Crippen LogP contribution is 2.48. The van der Waals surface area contributed by atoms with Gasteiger partial charge in [-0.05, 0) is 167 Å². The Balaban J connectivity index is 0.875. The van der Waals surface area contributed by atoms with Crippen molar-refractivity contribution in [2.24, 2.45) is 0 Å². The molecule has 2 aliphatic heterocycles. The predicted molar refractivity (Wildman–Crippen MR) is 454 cm³/mol. The third kappa shape index (κ3) is 11.4. The quantitative estimate of drug-likeness (QED) is 0.0746. The first-order valence-electron chi connectivity index (χ1n) is 38.8. The molecular formula is C100H77BN2Si2. The Kier molecular flexibility index (Phi) is 15.3. The highest BCUT2D eigenvalue weighted by atomic mass is 28.3. The zero-order valence-corrected chi connectivity index (χ0v) is 60.8. The first kappa shape index (κ1) is 59.2. The second kappa shape index (κ2) is 27.1. The van der Waals surface area contributed by atoms with Crippen molar-refractivity contribution < 1.29 is 6.85 Å². The SMILES string of the molecule is [2H]c1c([2H])c([2H])c(-c2cccc([Si](c3ccccc3)(c3ccccc3)c3ccc(-c4ccc5c(c4)N(c4ccc(C(C)(C)C)cc4-c4ccccc4)c4cccc6c4B5c4ccc([Si](c5ccccc5)(c5ccccc5)c5cccc(-c7ccccc7)c5)cc4N6c4ccc(-c5ccccc5)cc4)cc3)c2)c([2H])c1[2H]. The van der Waals surface area contributed by atoms with Gasteiger partial charge in [0, 0.05) is 34.0 Å². The molecule has 0 radical (unpaired) electrons. The van der Waals surface area contributed by atoms with Crippen LogP contribution >= 0.6 is 0 Å². The molecule has 2 nitrogen and oxygen atoms in total. The fraction of sp³-hybridized carbons (Fsp3) is 0.0400. The van der Waals surface area contributed by atoms with Gasteiger partial charge in [0.05, 0.1) is 12.5 Å². The molecule has 0 N–H and O–H groups in total. The van der Waals surface area contributed by atoms with E-state index in [1.807, 2.05) is 12.1 Å². The molecule has 16 aromatic carbocycles. The molecule has 2 aliphatic rings. The lowest BCUT2D eigenvalue weighted by atomic mass is 9.33. The van der Waals surface area contributed by atoms with E-state index >= 15 is 0 Å². The molecule has 5 heteroatoms. The zero-order valence-electron chi connectivity index (χ0n) is 63.8. The lowest BCUT2D eigenvalue weighted by molar-refractivity contribution is 0.590. The third-order valence-corrected chi connectivity index (χ3v) is 31.3. The van der Waals surface area contributed by atoms with E-state index in [1.165, 1.54) is 59.4 Å². The molecule has 0 fully saturated rings. The second-order valence-corrected chi connectivity index (χ2v) is 36.3. The van der Waals surface area contributed by atoms with Crippen LogP contribution in [-0.2, 0) is 5.41 Å². The molecule has 0 aromatic heterocycles. The minimum atomic E-state index is -3.29. The zero-order chi connectivity index (χ0) is 74.8. The first-order valence-corrected chi connectivity index (χ1v) is 40.3. The average molecular weight is 1380 g/mol. The maximum absolute atomic E-state index is 9.14. The Morgan fingerprint density at radius 3 is 1.15 bits per heavy atom. The van der Waals surface area contributed by atoms with Crippen LogP contribution < -0.4 is 67.7 Å². The van der Waals surface area contributed by atoms with Crippen LogP contribution in [0.4, 0.5) is 34.1 Å². The van der Waals surface area contributed by atoms with E-state index in [9.17, 15) is 0 Å². The Bertz CT molecular complexity index is 6020. The maximum atomic E-state index is 9.14. The number of fused-ring (bicyclic) bond motifs is 4. The molecule has 0 unspecified atom stereocenters. The van der Waals surface area contributed by atoms with E-state index in [0.29, 0.717) is 5.56 Å². The van der Waals surface area contributed by atoms with Crippen molar-refractivity contribution in [2.75, 3.05) is 9.80 Å².